The molecule has 0 saturated heterocycles. The second-order valence-electron chi connectivity index (χ2n) is 3.62. The molecule has 0 radical (unpaired) electrons. The summed E-state index contributed by atoms with van der Waals surface area (Å²) in [6, 6.07) is 3.17. The molecule has 0 aliphatic heterocycles. The van der Waals surface area contributed by atoms with Crippen LogP contribution in [-0.4, -0.2) is 12.2 Å². The van der Waals surface area contributed by atoms with Crippen LogP contribution in [0.5, 0.6) is 0 Å². The summed E-state index contributed by atoms with van der Waals surface area (Å²) in [5.74, 6) is 4.47. The van der Waals surface area contributed by atoms with Crippen molar-refractivity contribution in [2.24, 2.45) is 5.84 Å². The predicted molar refractivity (Wildman–Crippen MR) is 59.6 cm³/mol. The van der Waals surface area contributed by atoms with E-state index in [-0.39, 0.29) is 12.0 Å². The van der Waals surface area contributed by atoms with Crippen molar-refractivity contribution in [2.45, 2.75) is 25.1 Å². The van der Waals surface area contributed by atoms with Crippen molar-refractivity contribution in [2.75, 3.05) is 0 Å². The Bertz CT molecular complexity index is 381. The maximum atomic E-state index is 13.4. The molecule has 1 atom stereocenters. The average molecular weight is 315 g/mol. The van der Waals surface area contributed by atoms with Gasteiger partial charge in [0.1, 0.15) is 5.82 Å². The maximum absolute atomic E-state index is 13.4. The molecule has 7 heteroatoms. The van der Waals surface area contributed by atoms with Crippen LogP contribution in [0.1, 0.15) is 12.0 Å². The quantitative estimate of drug-likeness (QED) is 0.509. The molecule has 1 aromatic rings. The standard InChI is InChI=1S/C10H11BrF4N2/c11-7-2-1-6(9(12)4-7)3-8(17-16)5-10(13,14)15/h1-2,4,8,17H,3,5,16H2. The highest BCUT2D eigenvalue weighted by Gasteiger charge is 2.31. The molecular formula is C10H11BrF4N2. The van der Waals surface area contributed by atoms with E-state index < -0.39 is 24.5 Å². The van der Waals surface area contributed by atoms with Gasteiger partial charge in [-0.05, 0) is 24.1 Å². The zero-order chi connectivity index (χ0) is 13.1. The van der Waals surface area contributed by atoms with Crippen molar-refractivity contribution in [1.29, 1.82) is 0 Å². The van der Waals surface area contributed by atoms with Crippen LogP contribution in [0, 0.1) is 5.82 Å². The summed E-state index contributed by atoms with van der Waals surface area (Å²) in [5, 5.41) is 0. The molecular weight excluding hydrogens is 304 g/mol. The molecule has 0 aromatic heterocycles. The van der Waals surface area contributed by atoms with Crippen molar-refractivity contribution in [1.82, 2.24) is 5.43 Å². The number of alkyl halides is 3. The third-order valence-electron chi connectivity index (χ3n) is 2.19. The zero-order valence-electron chi connectivity index (χ0n) is 8.69. The molecule has 0 aliphatic carbocycles. The second kappa shape index (κ2) is 5.79. The number of hydrazine groups is 1. The van der Waals surface area contributed by atoms with Crippen LogP contribution >= 0.6 is 15.9 Å². The highest BCUT2D eigenvalue weighted by molar-refractivity contribution is 9.10. The molecule has 17 heavy (non-hydrogen) atoms. The normalized spacial score (nSPS) is 13.8. The number of nitrogens with two attached hydrogens (primary N) is 1. The molecule has 1 aromatic carbocycles. The first-order valence-corrected chi connectivity index (χ1v) is 5.58. The Morgan fingerprint density at radius 1 is 1.35 bits per heavy atom. The van der Waals surface area contributed by atoms with E-state index in [0.717, 1.165) is 0 Å². The Labute approximate surface area is 104 Å². The van der Waals surface area contributed by atoms with Gasteiger partial charge in [-0.15, -0.1) is 0 Å². The third-order valence-corrected chi connectivity index (χ3v) is 2.69. The molecule has 1 unspecified atom stereocenters. The van der Waals surface area contributed by atoms with E-state index in [9.17, 15) is 17.6 Å². The van der Waals surface area contributed by atoms with Gasteiger partial charge in [0, 0.05) is 10.5 Å². The van der Waals surface area contributed by atoms with E-state index in [2.05, 4.69) is 21.4 Å². The molecule has 3 N–H and O–H groups in total. The van der Waals surface area contributed by atoms with Crippen LogP contribution in [0.15, 0.2) is 22.7 Å². The highest BCUT2D eigenvalue weighted by Crippen LogP contribution is 2.24. The summed E-state index contributed by atoms with van der Waals surface area (Å²) < 4.78 is 50.4. The summed E-state index contributed by atoms with van der Waals surface area (Å²) in [6.07, 6.45) is -5.54. The topological polar surface area (TPSA) is 38.0 Å². The fourth-order valence-corrected chi connectivity index (χ4v) is 1.76. The van der Waals surface area contributed by atoms with Crippen LogP contribution in [0.4, 0.5) is 17.6 Å². The minimum absolute atomic E-state index is 0.116. The van der Waals surface area contributed by atoms with Gasteiger partial charge in [0.05, 0.1) is 6.42 Å². The number of nitrogens with one attached hydrogen (secondary N) is 1. The van der Waals surface area contributed by atoms with Crippen LogP contribution < -0.4 is 11.3 Å². The molecule has 96 valence electrons. The van der Waals surface area contributed by atoms with Gasteiger partial charge in [-0.3, -0.25) is 11.3 Å². The molecule has 2 nitrogen and oxygen atoms in total. The smallest absolute Gasteiger partial charge is 0.271 e. The lowest BCUT2D eigenvalue weighted by Crippen LogP contribution is -2.40. The number of benzene rings is 1. The van der Waals surface area contributed by atoms with Crippen molar-refractivity contribution in [3.05, 3.63) is 34.1 Å². The average Bonchev–Trinajstić information content (AvgIpc) is 2.19. The van der Waals surface area contributed by atoms with Crippen molar-refractivity contribution >= 4 is 15.9 Å². The molecule has 0 saturated carbocycles. The second-order valence-corrected chi connectivity index (χ2v) is 4.54. The Kier molecular flexibility index (Phi) is 4.91. The molecule has 1 rings (SSSR count). The Hall–Kier alpha value is -0.660. The minimum atomic E-state index is -4.33. The summed E-state index contributed by atoms with van der Waals surface area (Å²) in [6.45, 7) is 0. The lowest BCUT2D eigenvalue weighted by molar-refractivity contribution is -0.140. The molecule has 0 spiro atoms. The van der Waals surface area contributed by atoms with Crippen LogP contribution in [0.2, 0.25) is 0 Å². The summed E-state index contributed by atoms with van der Waals surface area (Å²) in [4.78, 5) is 0. The largest absolute Gasteiger partial charge is 0.390 e. The number of hydrogen-bond donors (Lipinski definition) is 2. The number of halogens is 5. The molecule has 0 heterocycles. The summed E-state index contributed by atoms with van der Waals surface area (Å²) >= 11 is 3.07. The van der Waals surface area contributed by atoms with Gasteiger partial charge in [-0.25, -0.2) is 4.39 Å². The monoisotopic (exact) mass is 314 g/mol. The first-order valence-electron chi connectivity index (χ1n) is 4.78. The zero-order valence-corrected chi connectivity index (χ0v) is 10.3. The molecule has 0 bridgehead atoms. The third kappa shape index (κ3) is 5.01. The first-order chi connectivity index (χ1) is 7.81. The fraction of sp³-hybridized carbons (Fsp3) is 0.400. The Morgan fingerprint density at radius 2 is 2.00 bits per heavy atom. The van der Waals surface area contributed by atoms with E-state index in [4.69, 9.17) is 5.84 Å². The molecule has 0 amide bonds. The van der Waals surface area contributed by atoms with Crippen LogP contribution in [-0.2, 0) is 6.42 Å². The van der Waals surface area contributed by atoms with E-state index in [1.165, 1.54) is 12.1 Å². The van der Waals surface area contributed by atoms with Crippen molar-refractivity contribution in [3.8, 4) is 0 Å². The fourth-order valence-electron chi connectivity index (χ4n) is 1.42. The van der Waals surface area contributed by atoms with Gasteiger partial charge < -0.3 is 0 Å². The van der Waals surface area contributed by atoms with E-state index in [1.54, 1.807) is 6.07 Å². The number of hydrogen-bond acceptors (Lipinski definition) is 2. The maximum Gasteiger partial charge on any atom is 0.390 e. The van der Waals surface area contributed by atoms with Crippen LogP contribution in [0.25, 0.3) is 0 Å². The van der Waals surface area contributed by atoms with E-state index in [0.29, 0.717) is 4.47 Å². The van der Waals surface area contributed by atoms with Crippen molar-refractivity contribution < 1.29 is 17.6 Å². The molecule has 0 aliphatic rings. The van der Waals surface area contributed by atoms with Gasteiger partial charge in [-0.1, -0.05) is 22.0 Å². The van der Waals surface area contributed by atoms with E-state index in [1.807, 2.05) is 0 Å². The lowest BCUT2D eigenvalue weighted by atomic mass is 10.0. The van der Waals surface area contributed by atoms with Gasteiger partial charge in [0.15, 0.2) is 0 Å². The summed E-state index contributed by atoms with van der Waals surface area (Å²) in [7, 11) is 0. The van der Waals surface area contributed by atoms with Crippen molar-refractivity contribution in [3.63, 3.8) is 0 Å². The van der Waals surface area contributed by atoms with Gasteiger partial charge >= 0.3 is 6.18 Å². The van der Waals surface area contributed by atoms with Gasteiger partial charge in [-0.2, -0.15) is 13.2 Å². The lowest BCUT2D eigenvalue weighted by Gasteiger charge is -2.18. The van der Waals surface area contributed by atoms with Gasteiger partial charge in [0.25, 0.3) is 0 Å². The first kappa shape index (κ1) is 14.4. The Morgan fingerprint density at radius 3 is 2.47 bits per heavy atom. The minimum Gasteiger partial charge on any atom is -0.271 e. The van der Waals surface area contributed by atoms with E-state index >= 15 is 0 Å². The number of rotatable bonds is 4. The highest BCUT2D eigenvalue weighted by atomic mass is 79.9. The Balaban J connectivity index is 2.74. The molecule has 0 fully saturated rings. The predicted octanol–water partition coefficient (Wildman–Crippen LogP) is 2.92. The van der Waals surface area contributed by atoms with Crippen LogP contribution in [0.3, 0.4) is 0 Å². The van der Waals surface area contributed by atoms with Gasteiger partial charge in [0.2, 0.25) is 0 Å². The summed E-state index contributed by atoms with van der Waals surface area (Å²) in [5.41, 5.74) is 2.25. The SMILES string of the molecule is NNC(Cc1ccc(Br)cc1F)CC(F)(F)F.